The number of pyridine rings is 1. The Morgan fingerprint density at radius 2 is 1.54 bits per heavy atom. The second-order valence-electron chi connectivity index (χ2n) is 10.5. The largest absolute Gasteiger partial charge is 0.309 e. The second kappa shape index (κ2) is 7.21. The van der Waals surface area contributed by atoms with Crippen molar-refractivity contribution in [2.75, 3.05) is 0 Å². The highest BCUT2D eigenvalue weighted by atomic mass is 15.0. The smallest absolute Gasteiger partial charge is 0.137 e. The molecule has 37 heavy (non-hydrogen) atoms. The fraction of sp³-hybridized carbons (Fsp3) is 0.0882. The van der Waals surface area contributed by atoms with Crippen molar-refractivity contribution in [3.8, 4) is 28.1 Å². The van der Waals surface area contributed by atoms with E-state index in [1.165, 1.54) is 44.1 Å². The summed E-state index contributed by atoms with van der Waals surface area (Å²) >= 11 is 0. The molecule has 0 fully saturated rings. The molecule has 176 valence electrons. The van der Waals surface area contributed by atoms with Gasteiger partial charge in [-0.15, -0.1) is 0 Å². The summed E-state index contributed by atoms with van der Waals surface area (Å²) in [6.07, 6.45) is 4.15. The Morgan fingerprint density at radius 3 is 2.46 bits per heavy atom. The van der Waals surface area contributed by atoms with E-state index in [0.29, 0.717) is 0 Å². The van der Waals surface area contributed by atoms with Crippen LogP contribution in [-0.2, 0) is 5.41 Å². The van der Waals surface area contributed by atoms with E-state index >= 15 is 0 Å². The zero-order valence-electron chi connectivity index (χ0n) is 20.8. The first kappa shape index (κ1) is 20.6. The van der Waals surface area contributed by atoms with Gasteiger partial charge in [-0.25, -0.2) is 4.98 Å². The van der Waals surface area contributed by atoms with Crippen molar-refractivity contribution in [1.82, 2.24) is 14.0 Å². The number of hydrogen-bond donors (Lipinski definition) is 0. The lowest BCUT2D eigenvalue weighted by atomic mass is 9.80. The van der Waals surface area contributed by atoms with E-state index in [2.05, 4.69) is 114 Å². The third kappa shape index (κ3) is 2.74. The summed E-state index contributed by atoms with van der Waals surface area (Å²) in [7, 11) is 0. The maximum Gasteiger partial charge on any atom is 0.137 e. The first-order valence-corrected chi connectivity index (χ1v) is 12.8. The van der Waals surface area contributed by atoms with E-state index in [9.17, 15) is 0 Å². The molecule has 3 heterocycles. The molecule has 3 heteroatoms. The van der Waals surface area contributed by atoms with Crippen LogP contribution in [0.3, 0.4) is 0 Å². The van der Waals surface area contributed by atoms with Gasteiger partial charge in [0.25, 0.3) is 0 Å². The molecule has 3 nitrogen and oxygen atoms in total. The Balaban J connectivity index is 1.41. The summed E-state index contributed by atoms with van der Waals surface area (Å²) in [5, 5.41) is 2.65. The monoisotopic (exact) mass is 475 g/mol. The molecule has 0 spiro atoms. The number of nitrogens with zero attached hydrogens (tertiary/aromatic N) is 3. The number of para-hydroxylation sites is 1. The predicted octanol–water partition coefficient (Wildman–Crippen LogP) is 8.40. The third-order valence-electron chi connectivity index (χ3n) is 8.12. The van der Waals surface area contributed by atoms with Crippen LogP contribution >= 0.6 is 0 Å². The predicted molar refractivity (Wildman–Crippen MR) is 153 cm³/mol. The summed E-state index contributed by atoms with van der Waals surface area (Å²) < 4.78 is 4.49. The van der Waals surface area contributed by atoms with Gasteiger partial charge in [0.2, 0.25) is 0 Å². The molecule has 0 unspecified atom stereocenters. The molecule has 0 saturated carbocycles. The molecule has 0 saturated heterocycles. The van der Waals surface area contributed by atoms with Crippen LogP contribution < -0.4 is 0 Å². The summed E-state index contributed by atoms with van der Waals surface area (Å²) in [6.45, 7) is 4.74. The van der Waals surface area contributed by atoms with Gasteiger partial charge in [-0.05, 0) is 58.7 Å². The molecule has 4 aromatic carbocycles. The van der Waals surface area contributed by atoms with E-state index < -0.39 is 0 Å². The number of benzene rings is 4. The van der Waals surface area contributed by atoms with E-state index in [1.54, 1.807) is 0 Å². The molecule has 0 bridgehead atoms. The molecule has 1 aliphatic carbocycles. The SMILES string of the molecule is CC1(C)c2ccccc2-c2ccc3c(c21)c1ccccc1n3-c1cccc(-c2cn3ccccc3n2)c1. The minimum atomic E-state index is -0.0707. The van der Waals surface area contributed by atoms with E-state index in [-0.39, 0.29) is 5.41 Å². The highest BCUT2D eigenvalue weighted by Gasteiger charge is 2.37. The lowest BCUT2D eigenvalue weighted by molar-refractivity contribution is 0.666. The lowest BCUT2D eigenvalue weighted by Gasteiger charge is -2.22. The van der Waals surface area contributed by atoms with Gasteiger partial charge in [0, 0.05) is 39.8 Å². The summed E-state index contributed by atoms with van der Waals surface area (Å²) in [6, 6.07) is 37.2. The Bertz CT molecular complexity index is 1990. The second-order valence-corrected chi connectivity index (χ2v) is 10.5. The number of hydrogen-bond acceptors (Lipinski definition) is 1. The topological polar surface area (TPSA) is 22.2 Å². The summed E-state index contributed by atoms with van der Waals surface area (Å²) in [4.78, 5) is 4.87. The Hall–Kier alpha value is -4.63. The quantitative estimate of drug-likeness (QED) is 0.246. The zero-order chi connectivity index (χ0) is 24.7. The first-order valence-electron chi connectivity index (χ1n) is 12.8. The van der Waals surface area contributed by atoms with Crippen LogP contribution in [0.1, 0.15) is 25.0 Å². The van der Waals surface area contributed by atoms with Crippen LogP contribution in [0.4, 0.5) is 0 Å². The Kier molecular flexibility index (Phi) is 4.00. The molecular weight excluding hydrogens is 450 g/mol. The minimum absolute atomic E-state index is 0.0707. The van der Waals surface area contributed by atoms with Crippen LogP contribution in [0, 0.1) is 0 Å². The van der Waals surface area contributed by atoms with Crippen molar-refractivity contribution in [2.24, 2.45) is 0 Å². The summed E-state index contributed by atoms with van der Waals surface area (Å²) in [5.41, 5.74) is 12.1. The van der Waals surface area contributed by atoms with Crippen molar-refractivity contribution in [2.45, 2.75) is 19.3 Å². The van der Waals surface area contributed by atoms with Crippen molar-refractivity contribution >= 4 is 27.5 Å². The van der Waals surface area contributed by atoms with E-state index in [1.807, 2.05) is 24.4 Å². The van der Waals surface area contributed by atoms with Gasteiger partial charge in [-0.2, -0.15) is 0 Å². The highest BCUT2D eigenvalue weighted by Crippen LogP contribution is 2.53. The van der Waals surface area contributed by atoms with Gasteiger partial charge in [-0.1, -0.05) is 80.6 Å². The molecule has 0 amide bonds. The lowest BCUT2D eigenvalue weighted by Crippen LogP contribution is -2.15. The average Bonchev–Trinajstić information content (AvgIpc) is 3.58. The fourth-order valence-electron chi connectivity index (χ4n) is 6.49. The molecule has 0 aliphatic heterocycles. The normalized spacial score (nSPS) is 13.9. The van der Waals surface area contributed by atoms with Gasteiger partial charge < -0.3 is 8.97 Å². The van der Waals surface area contributed by atoms with Crippen LogP contribution in [-0.4, -0.2) is 14.0 Å². The molecule has 7 aromatic rings. The molecule has 1 aliphatic rings. The summed E-state index contributed by atoms with van der Waals surface area (Å²) in [5.74, 6) is 0. The molecule has 0 N–H and O–H groups in total. The van der Waals surface area contributed by atoms with Gasteiger partial charge >= 0.3 is 0 Å². The molecular formula is C34H25N3. The van der Waals surface area contributed by atoms with Crippen molar-refractivity contribution < 1.29 is 0 Å². The van der Waals surface area contributed by atoms with Crippen LogP contribution in [0.15, 0.2) is 116 Å². The van der Waals surface area contributed by atoms with Crippen LogP contribution in [0.25, 0.3) is 55.5 Å². The zero-order valence-corrected chi connectivity index (χ0v) is 20.8. The molecule has 0 radical (unpaired) electrons. The molecule has 8 rings (SSSR count). The number of imidazole rings is 1. The fourth-order valence-corrected chi connectivity index (χ4v) is 6.49. The minimum Gasteiger partial charge on any atom is -0.309 e. The molecule has 0 atom stereocenters. The maximum absolute atomic E-state index is 4.87. The first-order chi connectivity index (χ1) is 18.1. The third-order valence-corrected chi connectivity index (χ3v) is 8.12. The van der Waals surface area contributed by atoms with E-state index in [0.717, 1.165) is 22.6 Å². The van der Waals surface area contributed by atoms with Crippen molar-refractivity contribution in [3.63, 3.8) is 0 Å². The Morgan fingerprint density at radius 1 is 0.703 bits per heavy atom. The van der Waals surface area contributed by atoms with Crippen molar-refractivity contribution in [3.05, 3.63) is 127 Å². The van der Waals surface area contributed by atoms with Crippen LogP contribution in [0.2, 0.25) is 0 Å². The maximum atomic E-state index is 4.87. The van der Waals surface area contributed by atoms with Gasteiger partial charge in [0.05, 0.1) is 16.7 Å². The Labute approximate surface area is 215 Å². The van der Waals surface area contributed by atoms with Gasteiger partial charge in [0.15, 0.2) is 0 Å². The molecule has 3 aromatic heterocycles. The number of fused-ring (bicyclic) bond motifs is 8. The number of rotatable bonds is 2. The van der Waals surface area contributed by atoms with Crippen molar-refractivity contribution in [1.29, 1.82) is 0 Å². The van der Waals surface area contributed by atoms with Gasteiger partial charge in [0.1, 0.15) is 5.65 Å². The number of aromatic nitrogens is 3. The average molecular weight is 476 g/mol. The van der Waals surface area contributed by atoms with Gasteiger partial charge in [-0.3, -0.25) is 0 Å². The standard InChI is InChI=1S/C34H25N3/c1-34(2)27-14-5-3-12-24(27)25-17-18-30-32(33(25)34)26-13-4-6-15-29(26)37(30)23-11-9-10-22(20-23)28-21-36-19-8-7-16-31(36)35-28/h3-21H,1-2H3. The van der Waals surface area contributed by atoms with E-state index in [4.69, 9.17) is 4.98 Å². The highest BCUT2D eigenvalue weighted by molar-refractivity contribution is 6.14. The van der Waals surface area contributed by atoms with Crippen LogP contribution in [0.5, 0.6) is 0 Å².